The van der Waals surface area contributed by atoms with Crippen molar-refractivity contribution in [3.05, 3.63) is 163 Å². The molecule has 0 spiro atoms. The van der Waals surface area contributed by atoms with Crippen LogP contribution in [0.5, 0.6) is 0 Å². The van der Waals surface area contributed by atoms with Gasteiger partial charge in [-0.2, -0.15) is 0 Å². The van der Waals surface area contributed by atoms with E-state index in [-0.39, 0.29) is 39.6 Å². The van der Waals surface area contributed by atoms with Gasteiger partial charge in [-0.1, -0.05) is 66.2 Å². The number of rotatable bonds is 16. The quantitative estimate of drug-likeness (QED) is 0.0661. The first-order valence-corrected chi connectivity index (χ1v) is 29.0. The van der Waals surface area contributed by atoms with Gasteiger partial charge in [-0.05, 0) is 118 Å². The van der Waals surface area contributed by atoms with Crippen molar-refractivity contribution in [2.45, 2.75) is 62.5 Å². The van der Waals surface area contributed by atoms with Crippen LogP contribution in [0.4, 0.5) is 57.7 Å². The number of hydrogen-bond donors (Lipinski definition) is 4. The number of nitrogens with zero attached hydrogens (tertiary/aromatic N) is 8. The molecule has 8 aromatic rings. The van der Waals surface area contributed by atoms with Gasteiger partial charge in [0.2, 0.25) is 0 Å². The summed E-state index contributed by atoms with van der Waals surface area (Å²) in [6.45, 7) is 11.5. The lowest BCUT2D eigenvalue weighted by atomic mass is 9.80. The van der Waals surface area contributed by atoms with Crippen LogP contribution in [0.2, 0.25) is 0 Å². The molecule has 78 heavy (non-hydrogen) atoms. The van der Waals surface area contributed by atoms with Gasteiger partial charge < -0.3 is 40.4 Å². The van der Waals surface area contributed by atoms with Crippen LogP contribution in [-0.2, 0) is 29.0 Å². The van der Waals surface area contributed by atoms with Crippen LogP contribution in [0, 0.1) is 0 Å². The molecule has 0 bridgehead atoms. The molecule has 4 aromatic heterocycles. The third-order valence-corrected chi connectivity index (χ3v) is 16.5. The summed E-state index contributed by atoms with van der Waals surface area (Å²) in [5, 5.41) is 12.8. The number of aromatic nitrogens is 6. The van der Waals surface area contributed by atoms with Gasteiger partial charge in [0.25, 0.3) is 0 Å². The number of pyridine rings is 2. The molecule has 406 valence electrons. The van der Waals surface area contributed by atoms with Gasteiger partial charge >= 0.3 is 7.12 Å². The van der Waals surface area contributed by atoms with Crippen molar-refractivity contribution in [2.24, 2.45) is 0 Å². The van der Waals surface area contributed by atoms with Crippen LogP contribution in [0.3, 0.4) is 0 Å². The fourth-order valence-electron chi connectivity index (χ4n) is 7.39. The molecule has 0 unspecified atom stereocenters. The zero-order chi connectivity index (χ0) is 56.3. The maximum Gasteiger partial charge on any atom is 0.496 e. The van der Waals surface area contributed by atoms with Crippen LogP contribution in [0.1, 0.15) is 41.5 Å². The molecule has 0 aliphatic carbocycles. The van der Waals surface area contributed by atoms with Gasteiger partial charge in [-0.15, -0.1) is 0 Å². The molecule has 4 N–H and O–H groups in total. The minimum absolute atomic E-state index is 0.0486. The average molecular weight is 1160 g/mol. The largest absolute Gasteiger partial charge is 0.496 e. The van der Waals surface area contributed by atoms with Crippen molar-refractivity contribution in [3.8, 4) is 11.1 Å². The third kappa shape index (κ3) is 15.6. The Morgan fingerprint density at radius 1 is 0.487 bits per heavy atom. The lowest BCUT2D eigenvalue weighted by Crippen LogP contribution is -2.41. The number of sulfone groups is 2. The molecule has 0 amide bonds. The Hall–Kier alpha value is -7.50. The van der Waals surface area contributed by atoms with Crippen molar-refractivity contribution in [2.75, 3.05) is 70.8 Å². The van der Waals surface area contributed by atoms with Gasteiger partial charge in [0, 0.05) is 91.0 Å². The van der Waals surface area contributed by atoms with Crippen molar-refractivity contribution in [1.29, 1.82) is 0 Å². The maximum absolute atomic E-state index is 12.2. The second-order valence-corrected chi connectivity index (χ2v) is 24.7. The maximum atomic E-state index is 12.2. The Kier molecular flexibility index (Phi) is 18.9. The van der Waals surface area contributed by atoms with E-state index in [1.54, 1.807) is 74.5 Å². The van der Waals surface area contributed by atoms with Crippen molar-refractivity contribution < 1.29 is 26.1 Å². The fraction of sp³-hybridized carbons (Fsp3) is 0.250. The van der Waals surface area contributed by atoms with Gasteiger partial charge in [0.1, 0.15) is 47.6 Å². The molecule has 4 aromatic carbocycles. The highest BCUT2D eigenvalue weighted by Gasteiger charge is 2.51. The van der Waals surface area contributed by atoms with Crippen LogP contribution in [-0.4, -0.2) is 105 Å². The number of hydrogen-bond acceptors (Lipinski definition) is 18. The topological polar surface area (TPSA) is 219 Å². The van der Waals surface area contributed by atoms with E-state index in [9.17, 15) is 16.8 Å². The summed E-state index contributed by atoms with van der Waals surface area (Å²) < 4.78 is 61.3. The summed E-state index contributed by atoms with van der Waals surface area (Å²) in [5.74, 6) is 4.27. The molecule has 18 nitrogen and oxygen atoms in total. The lowest BCUT2D eigenvalue weighted by molar-refractivity contribution is 0.00578. The van der Waals surface area contributed by atoms with E-state index in [2.05, 4.69) is 94.8 Å². The van der Waals surface area contributed by atoms with Crippen molar-refractivity contribution in [1.82, 2.24) is 29.9 Å². The van der Waals surface area contributed by atoms with Crippen LogP contribution in [0.15, 0.2) is 173 Å². The minimum Gasteiger partial charge on any atom is -0.399 e. The molecule has 0 atom stereocenters. The first-order chi connectivity index (χ1) is 37.0. The molecule has 22 heteroatoms. The van der Waals surface area contributed by atoms with Gasteiger partial charge in [0.05, 0.1) is 32.5 Å². The fourth-order valence-corrected chi connectivity index (χ4v) is 9.64. The summed E-state index contributed by atoms with van der Waals surface area (Å²) in [4.78, 5) is 30.3. The minimum atomic E-state index is -3.29. The van der Waals surface area contributed by atoms with E-state index in [1.165, 1.54) is 12.7 Å². The molecular weight excluding hydrogens is 1090 g/mol. The zero-order valence-corrected chi connectivity index (χ0v) is 48.4. The predicted molar refractivity (Wildman–Crippen MR) is 318 cm³/mol. The molecule has 1 saturated heterocycles. The zero-order valence-electron chi connectivity index (χ0n) is 45.2. The normalized spacial score (nSPS) is 13.4. The van der Waals surface area contributed by atoms with Crippen molar-refractivity contribution in [3.63, 3.8) is 0 Å². The second-order valence-electron chi connectivity index (χ2n) is 19.3. The third-order valence-electron chi connectivity index (χ3n) is 12.6. The molecule has 1 aliphatic rings. The highest BCUT2D eigenvalue weighted by Crippen LogP contribution is 2.36. The average Bonchev–Trinajstić information content (AvgIpc) is 3.76. The molecule has 1 fully saturated rings. The molecule has 0 saturated carbocycles. The highest BCUT2D eigenvalue weighted by molar-refractivity contribution is 9.10. The number of benzene rings is 4. The summed E-state index contributed by atoms with van der Waals surface area (Å²) in [7, 11) is 0.980. The predicted octanol–water partition coefficient (Wildman–Crippen LogP) is 10.9. The molecular formula is C56H64BBrN12O6S2. The molecule has 1 aliphatic heterocycles. The Morgan fingerprint density at radius 3 is 1.29 bits per heavy atom. The number of anilines is 10. The Bertz CT molecular complexity index is 3530. The van der Waals surface area contributed by atoms with E-state index >= 15 is 0 Å². The van der Waals surface area contributed by atoms with E-state index in [0.29, 0.717) is 34.6 Å². The summed E-state index contributed by atoms with van der Waals surface area (Å²) in [6, 6.07) is 40.6. The SMILES string of the molecule is CCS(=O)(=O)c1cccc(Nc2cc(Nc3cccc(-c4ccc(N(C)C)nc4)c3)ncn2)c1.CCS(=O)(=O)c1cccc(Nc2cc(Nc3cccc(Br)c3)ncn2)c1.CN(C)c1ccc(B2OC(C)(C)C(C)(C)O2)cn1. The van der Waals surface area contributed by atoms with Gasteiger partial charge in [0.15, 0.2) is 19.7 Å². The summed E-state index contributed by atoms with van der Waals surface area (Å²) >= 11 is 3.43. The molecule has 5 heterocycles. The Labute approximate surface area is 466 Å². The standard InChI is InChI=1S/C25H26N6O2S.C18H17BrN4O2S.C13H21BN2O2/c1-4-34(32,33)22-10-6-9-21(14-22)30-24-15-23(27-17-28-24)29-20-8-5-7-18(13-20)19-11-12-25(26-16-19)31(2)3;1-2-26(24,25)16-8-4-7-15(10-16)23-18-11-17(20-12-21-18)22-14-6-3-5-13(19)9-14;1-12(2)13(3,4)18-14(17-12)10-7-8-11(15-9-10)16(5)6/h5-17H,4H2,1-3H3,(H2,27,28,29,30);3-12H,2H2,1H3,(H2,20,21,22,23);7-9H,1-6H3. The first kappa shape index (κ1) is 58.2. The van der Waals surface area contributed by atoms with Gasteiger partial charge in [-0.25, -0.2) is 46.7 Å². The Morgan fingerprint density at radius 2 is 0.897 bits per heavy atom. The van der Waals surface area contributed by atoms with Crippen LogP contribution in [0.25, 0.3) is 11.1 Å². The first-order valence-electron chi connectivity index (χ1n) is 24.9. The monoisotopic (exact) mass is 1150 g/mol. The summed E-state index contributed by atoms with van der Waals surface area (Å²) in [5.41, 5.74) is 5.43. The van der Waals surface area contributed by atoms with E-state index in [1.807, 2.05) is 123 Å². The number of nitrogens with one attached hydrogen (secondary N) is 4. The van der Waals surface area contributed by atoms with Crippen LogP contribution >= 0.6 is 15.9 Å². The second kappa shape index (κ2) is 25.3. The van der Waals surface area contributed by atoms with E-state index in [4.69, 9.17) is 9.31 Å². The van der Waals surface area contributed by atoms with Crippen LogP contribution < -0.4 is 36.5 Å². The van der Waals surface area contributed by atoms with E-state index < -0.39 is 19.7 Å². The highest BCUT2D eigenvalue weighted by atomic mass is 79.9. The lowest BCUT2D eigenvalue weighted by Gasteiger charge is -2.32. The molecule has 0 radical (unpaired) electrons. The smallest absolute Gasteiger partial charge is 0.399 e. The van der Waals surface area contributed by atoms with E-state index in [0.717, 1.165) is 44.1 Å². The Balaban J connectivity index is 0.000000178. The molecule has 9 rings (SSSR count). The van der Waals surface area contributed by atoms with Crippen molar-refractivity contribution >= 4 is 106 Å². The van der Waals surface area contributed by atoms with Gasteiger partial charge in [-0.3, -0.25) is 0 Å². The summed E-state index contributed by atoms with van der Waals surface area (Å²) in [6.07, 6.45) is 6.56. The number of halogens is 1.